The van der Waals surface area contributed by atoms with Gasteiger partial charge in [-0.3, -0.25) is 0 Å². The summed E-state index contributed by atoms with van der Waals surface area (Å²) >= 11 is 0. The van der Waals surface area contributed by atoms with Crippen molar-refractivity contribution in [2.24, 2.45) is 0 Å². The summed E-state index contributed by atoms with van der Waals surface area (Å²) in [5.74, 6) is 0.685. The van der Waals surface area contributed by atoms with Gasteiger partial charge in [0.25, 0.3) is 0 Å². The third kappa shape index (κ3) is 3.21. The molecule has 23 heavy (non-hydrogen) atoms. The van der Waals surface area contributed by atoms with E-state index in [9.17, 15) is 10.2 Å². The zero-order valence-corrected chi connectivity index (χ0v) is 13.7. The molecule has 0 heterocycles. The third-order valence-electron chi connectivity index (χ3n) is 5.30. The van der Waals surface area contributed by atoms with E-state index in [4.69, 9.17) is 0 Å². The minimum atomic E-state index is -0.291. The van der Waals surface area contributed by atoms with Crippen LogP contribution in [-0.4, -0.2) is 10.2 Å². The first-order valence-corrected chi connectivity index (χ1v) is 8.81. The van der Waals surface area contributed by atoms with Crippen molar-refractivity contribution in [3.63, 3.8) is 0 Å². The summed E-state index contributed by atoms with van der Waals surface area (Å²) in [5, 5.41) is 21.1. The monoisotopic (exact) mass is 310 g/mol. The fourth-order valence-electron chi connectivity index (χ4n) is 4.13. The van der Waals surface area contributed by atoms with Crippen LogP contribution in [0.2, 0.25) is 0 Å². The molecule has 2 aromatic rings. The highest BCUT2D eigenvalue weighted by Crippen LogP contribution is 2.48. The van der Waals surface area contributed by atoms with E-state index in [2.05, 4.69) is 0 Å². The van der Waals surface area contributed by atoms with Crippen LogP contribution in [0.3, 0.4) is 0 Å². The Kier molecular flexibility index (Phi) is 4.90. The van der Waals surface area contributed by atoms with Crippen LogP contribution in [0.25, 0.3) is 0 Å². The van der Waals surface area contributed by atoms with Gasteiger partial charge in [0, 0.05) is 16.5 Å². The lowest BCUT2D eigenvalue weighted by Crippen LogP contribution is -2.28. The van der Waals surface area contributed by atoms with E-state index in [1.165, 1.54) is 25.7 Å². The van der Waals surface area contributed by atoms with Gasteiger partial charge in [-0.05, 0) is 25.0 Å². The molecule has 0 amide bonds. The Bertz CT molecular complexity index is 590. The lowest BCUT2D eigenvalue weighted by atomic mass is 9.67. The van der Waals surface area contributed by atoms with E-state index in [0.717, 1.165) is 36.8 Å². The summed E-state index contributed by atoms with van der Waals surface area (Å²) in [4.78, 5) is 0. The molecule has 0 radical (unpaired) electrons. The second-order valence-electron chi connectivity index (χ2n) is 6.74. The topological polar surface area (TPSA) is 40.5 Å². The Morgan fingerprint density at radius 2 is 0.957 bits per heavy atom. The van der Waals surface area contributed by atoms with E-state index in [-0.39, 0.29) is 5.41 Å². The number of phenols is 2. The molecule has 1 saturated carbocycles. The van der Waals surface area contributed by atoms with Gasteiger partial charge in [-0.2, -0.15) is 0 Å². The quantitative estimate of drug-likeness (QED) is 0.767. The molecule has 2 aromatic carbocycles. The van der Waals surface area contributed by atoms with Crippen LogP contribution >= 0.6 is 0 Å². The smallest absolute Gasteiger partial charge is 0.119 e. The summed E-state index contributed by atoms with van der Waals surface area (Å²) < 4.78 is 0. The van der Waals surface area contributed by atoms with E-state index in [1.54, 1.807) is 12.1 Å². The molecule has 1 aliphatic carbocycles. The second-order valence-corrected chi connectivity index (χ2v) is 6.74. The molecule has 122 valence electrons. The SMILES string of the molecule is Oc1ccccc1C1(c2ccccc2O)CCCCCCCC1. The molecule has 0 aliphatic heterocycles. The lowest BCUT2D eigenvalue weighted by Gasteiger charge is -2.36. The molecule has 0 saturated heterocycles. The first-order valence-electron chi connectivity index (χ1n) is 8.81. The molecule has 0 spiro atoms. The van der Waals surface area contributed by atoms with Gasteiger partial charge < -0.3 is 10.2 Å². The highest BCUT2D eigenvalue weighted by atomic mass is 16.3. The highest BCUT2D eigenvalue weighted by Gasteiger charge is 2.37. The Morgan fingerprint density at radius 3 is 1.39 bits per heavy atom. The van der Waals surface area contributed by atoms with Crippen LogP contribution in [0.1, 0.15) is 62.5 Å². The van der Waals surface area contributed by atoms with Gasteiger partial charge in [0.2, 0.25) is 0 Å². The largest absolute Gasteiger partial charge is 0.508 e. The number of benzene rings is 2. The molecule has 0 aromatic heterocycles. The van der Waals surface area contributed by atoms with Crippen molar-refractivity contribution in [3.05, 3.63) is 59.7 Å². The second kappa shape index (κ2) is 7.08. The van der Waals surface area contributed by atoms with Crippen LogP contribution in [0, 0.1) is 0 Å². The number of hydrogen-bond donors (Lipinski definition) is 2. The predicted octanol–water partition coefficient (Wildman–Crippen LogP) is 5.52. The third-order valence-corrected chi connectivity index (χ3v) is 5.30. The summed E-state index contributed by atoms with van der Waals surface area (Å²) in [6.45, 7) is 0. The fourth-order valence-corrected chi connectivity index (χ4v) is 4.13. The normalized spacial score (nSPS) is 18.6. The van der Waals surface area contributed by atoms with E-state index in [1.807, 2.05) is 36.4 Å². The van der Waals surface area contributed by atoms with Gasteiger partial charge in [-0.25, -0.2) is 0 Å². The Balaban J connectivity index is 2.15. The highest BCUT2D eigenvalue weighted by molar-refractivity contribution is 5.51. The van der Waals surface area contributed by atoms with Crippen molar-refractivity contribution >= 4 is 0 Å². The van der Waals surface area contributed by atoms with Gasteiger partial charge in [-0.1, -0.05) is 74.9 Å². The van der Waals surface area contributed by atoms with E-state index in [0.29, 0.717) is 11.5 Å². The van der Waals surface area contributed by atoms with Crippen LogP contribution in [0.5, 0.6) is 11.5 Å². The Labute approximate surface area is 138 Å². The minimum absolute atomic E-state index is 0.291. The summed E-state index contributed by atoms with van der Waals surface area (Å²) in [6, 6.07) is 15.3. The summed E-state index contributed by atoms with van der Waals surface area (Å²) in [7, 11) is 0. The number of aromatic hydroxyl groups is 2. The number of rotatable bonds is 2. The molecule has 2 nitrogen and oxygen atoms in total. The van der Waals surface area contributed by atoms with Gasteiger partial charge in [0.05, 0.1) is 0 Å². The van der Waals surface area contributed by atoms with Gasteiger partial charge in [0.15, 0.2) is 0 Å². The Morgan fingerprint density at radius 1 is 0.565 bits per heavy atom. The Hall–Kier alpha value is -1.96. The van der Waals surface area contributed by atoms with Crippen molar-refractivity contribution in [3.8, 4) is 11.5 Å². The van der Waals surface area contributed by atoms with Crippen molar-refractivity contribution in [2.75, 3.05) is 0 Å². The van der Waals surface area contributed by atoms with Gasteiger partial charge in [0.1, 0.15) is 11.5 Å². The average molecular weight is 310 g/mol. The predicted molar refractivity (Wildman–Crippen MR) is 93.9 cm³/mol. The van der Waals surface area contributed by atoms with Crippen LogP contribution in [0.4, 0.5) is 0 Å². The number of hydrogen-bond acceptors (Lipinski definition) is 2. The molecular weight excluding hydrogens is 284 g/mol. The minimum Gasteiger partial charge on any atom is -0.508 e. The first kappa shape index (κ1) is 15.9. The number of para-hydroxylation sites is 2. The van der Waals surface area contributed by atoms with Crippen molar-refractivity contribution in [2.45, 2.75) is 56.8 Å². The molecule has 1 fully saturated rings. The summed E-state index contributed by atoms with van der Waals surface area (Å²) in [6.07, 6.45) is 9.23. The molecule has 0 unspecified atom stereocenters. The lowest BCUT2D eigenvalue weighted by molar-refractivity contribution is 0.367. The zero-order valence-electron chi connectivity index (χ0n) is 13.7. The first-order chi connectivity index (χ1) is 11.2. The fraction of sp³-hybridized carbons (Fsp3) is 0.429. The van der Waals surface area contributed by atoms with Crippen molar-refractivity contribution < 1.29 is 10.2 Å². The van der Waals surface area contributed by atoms with Crippen molar-refractivity contribution in [1.29, 1.82) is 0 Å². The van der Waals surface area contributed by atoms with Gasteiger partial charge >= 0.3 is 0 Å². The standard InChI is InChI=1S/C21H26O2/c22-19-13-7-5-11-17(19)21(18-12-6-8-14-20(18)23)15-9-3-1-2-4-10-16-21/h5-8,11-14,22-23H,1-4,9-10,15-16H2. The maximum absolute atomic E-state index is 10.5. The van der Waals surface area contributed by atoms with E-state index < -0.39 is 0 Å². The van der Waals surface area contributed by atoms with Crippen LogP contribution < -0.4 is 0 Å². The van der Waals surface area contributed by atoms with Crippen molar-refractivity contribution in [1.82, 2.24) is 0 Å². The maximum atomic E-state index is 10.5. The number of phenolic OH excluding ortho intramolecular Hbond substituents is 2. The van der Waals surface area contributed by atoms with Gasteiger partial charge in [-0.15, -0.1) is 0 Å². The zero-order chi connectivity index (χ0) is 16.1. The maximum Gasteiger partial charge on any atom is 0.119 e. The van der Waals surface area contributed by atoms with E-state index >= 15 is 0 Å². The molecule has 1 aliphatic rings. The summed E-state index contributed by atoms with van der Waals surface area (Å²) in [5.41, 5.74) is 1.63. The van der Waals surface area contributed by atoms with Crippen LogP contribution in [-0.2, 0) is 5.41 Å². The molecule has 2 N–H and O–H groups in total. The molecule has 0 bridgehead atoms. The molecule has 2 heteroatoms. The average Bonchev–Trinajstić information content (AvgIpc) is 2.68. The molecule has 0 atom stereocenters. The molecular formula is C21H26O2. The van der Waals surface area contributed by atoms with Crippen LogP contribution in [0.15, 0.2) is 48.5 Å². The molecule has 3 rings (SSSR count).